The second-order valence-corrected chi connectivity index (χ2v) is 5.79. The van der Waals surface area contributed by atoms with Gasteiger partial charge in [-0.3, -0.25) is 0 Å². The first-order chi connectivity index (χ1) is 8.64. The first-order valence-electron chi connectivity index (χ1n) is 5.42. The van der Waals surface area contributed by atoms with E-state index in [1.54, 1.807) is 42.5 Å². The summed E-state index contributed by atoms with van der Waals surface area (Å²) in [5.74, 6) is 0.720. The van der Waals surface area contributed by atoms with Crippen LogP contribution in [0.4, 0.5) is 0 Å². The van der Waals surface area contributed by atoms with Crippen LogP contribution in [0.2, 0.25) is 0 Å². The van der Waals surface area contributed by atoms with E-state index in [0.717, 1.165) is 0 Å². The number of ether oxygens (including phenoxy) is 1. The molecule has 0 radical (unpaired) electrons. The molecule has 2 aromatic rings. The third-order valence-corrected chi connectivity index (χ3v) is 4.75. The Labute approximate surface area is 105 Å². The minimum Gasteiger partial charge on any atom is -0.455 e. The van der Waals surface area contributed by atoms with E-state index in [1.807, 2.05) is 0 Å². The van der Waals surface area contributed by atoms with Crippen LogP contribution in [-0.4, -0.2) is 8.42 Å². The van der Waals surface area contributed by atoms with Crippen molar-refractivity contribution in [2.24, 2.45) is 0 Å². The zero-order valence-electron chi connectivity index (χ0n) is 9.46. The van der Waals surface area contributed by atoms with Crippen molar-refractivity contribution in [3.05, 3.63) is 54.6 Å². The van der Waals surface area contributed by atoms with Crippen LogP contribution >= 0.6 is 0 Å². The van der Waals surface area contributed by atoms with Crippen LogP contribution in [0.15, 0.2) is 58.8 Å². The van der Waals surface area contributed by atoms with Crippen molar-refractivity contribution in [1.29, 1.82) is 0 Å². The lowest BCUT2D eigenvalue weighted by molar-refractivity contribution is 0.442. The Bertz CT molecular complexity index is 745. The normalized spacial score (nSPS) is 15.1. The molecule has 0 N–H and O–H groups in total. The largest absolute Gasteiger partial charge is 0.455 e. The summed E-state index contributed by atoms with van der Waals surface area (Å²) < 4.78 is 30.7. The number of sulfone groups is 1. The van der Waals surface area contributed by atoms with Crippen molar-refractivity contribution in [3.63, 3.8) is 0 Å². The van der Waals surface area contributed by atoms with Crippen molar-refractivity contribution in [1.82, 2.24) is 0 Å². The molecule has 0 saturated heterocycles. The maximum absolute atomic E-state index is 12.5. The number of para-hydroxylation sites is 1. The molecule has 0 amide bonds. The van der Waals surface area contributed by atoms with Crippen LogP contribution in [-0.2, 0) is 9.84 Å². The quantitative estimate of drug-likeness (QED) is 0.672. The SMILES string of the molecule is C=Cc1cccc2c1S(=O)(=O)c1ccccc1O2. The van der Waals surface area contributed by atoms with Crippen LogP contribution < -0.4 is 4.74 Å². The van der Waals surface area contributed by atoms with Crippen LogP contribution in [0.1, 0.15) is 5.56 Å². The van der Waals surface area contributed by atoms with E-state index in [2.05, 4.69) is 6.58 Å². The molecule has 0 atom stereocenters. The highest BCUT2D eigenvalue weighted by atomic mass is 32.2. The molecular weight excluding hydrogens is 248 g/mol. The zero-order valence-corrected chi connectivity index (χ0v) is 10.3. The summed E-state index contributed by atoms with van der Waals surface area (Å²) in [7, 11) is -3.54. The summed E-state index contributed by atoms with van der Waals surface area (Å²) in [4.78, 5) is 0.394. The highest BCUT2D eigenvalue weighted by Gasteiger charge is 2.32. The van der Waals surface area contributed by atoms with Crippen molar-refractivity contribution in [2.45, 2.75) is 9.79 Å². The molecule has 18 heavy (non-hydrogen) atoms. The lowest BCUT2D eigenvalue weighted by Gasteiger charge is -2.21. The third-order valence-electron chi connectivity index (χ3n) is 2.86. The molecule has 1 aliphatic rings. The predicted molar refractivity (Wildman–Crippen MR) is 68.5 cm³/mol. The number of hydrogen-bond donors (Lipinski definition) is 0. The molecule has 1 aliphatic heterocycles. The van der Waals surface area contributed by atoms with Gasteiger partial charge in [0, 0.05) is 0 Å². The van der Waals surface area contributed by atoms with E-state index in [0.29, 0.717) is 17.1 Å². The monoisotopic (exact) mass is 258 g/mol. The number of hydrogen-bond acceptors (Lipinski definition) is 3. The molecule has 90 valence electrons. The summed E-state index contributed by atoms with van der Waals surface area (Å²) in [5.41, 5.74) is 0.557. The van der Waals surface area contributed by atoms with Gasteiger partial charge in [0.2, 0.25) is 9.84 Å². The molecule has 0 unspecified atom stereocenters. The molecule has 2 aromatic carbocycles. The van der Waals surface area contributed by atoms with Gasteiger partial charge in [-0.1, -0.05) is 36.9 Å². The molecule has 3 nitrogen and oxygen atoms in total. The maximum atomic E-state index is 12.5. The lowest BCUT2D eigenvalue weighted by atomic mass is 10.2. The fourth-order valence-electron chi connectivity index (χ4n) is 2.05. The topological polar surface area (TPSA) is 43.4 Å². The number of rotatable bonds is 1. The fraction of sp³-hybridized carbons (Fsp3) is 0. The van der Waals surface area contributed by atoms with E-state index in [-0.39, 0.29) is 9.79 Å². The summed E-state index contributed by atoms with van der Waals surface area (Å²) in [6, 6.07) is 11.7. The first-order valence-corrected chi connectivity index (χ1v) is 6.90. The van der Waals surface area contributed by atoms with Crippen LogP contribution in [0.25, 0.3) is 6.08 Å². The van der Waals surface area contributed by atoms with E-state index < -0.39 is 9.84 Å². The van der Waals surface area contributed by atoms with Crippen molar-refractivity contribution < 1.29 is 13.2 Å². The van der Waals surface area contributed by atoms with E-state index >= 15 is 0 Å². The standard InChI is InChI=1S/C14H10O3S/c1-2-10-6-5-8-12-14(10)18(15,16)13-9-4-3-7-11(13)17-12/h2-9H,1H2. The van der Waals surface area contributed by atoms with Crippen molar-refractivity contribution in [2.75, 3.05) is 0 Å². The molecule has 0 spiro atoms. The molecule has 0 bridgehead atoms. The smallest absolute Gasteiger partial charge is 0.214 e. The fourth-order valence-corrected chi connectivity index (χ4v) is 3.73. The Morgan fingerprint density at radius 1 is 1.00 bits per heavy atom. The van der Waals surface area contributed by atoms with E-state index in [4.69, 9.17) is 4.74 Å². The van der Waals surface area contributed by atoms with Gasteiger partial charge in [0.1, 0.15) is 21.3 Å². The Morgan fingerprint density at radius 2 is 1.72 bits per heavy atom. The molecule has 4 heteroatoms. The van der Waals surface area contributed by atoms with Gasteiger partial charge >= 0.3 is 0 Å². The van der Waals surface area contributed by atoms with Crippen molar-refractivity contribution in [3.8, 4) is 11.5 Å². The first kappa shape index (κ1) is 11.0. The molecular formula is C14H10O3S. The van der Waals surface area contributed by atoms with E-state index in [1.165, 1.54) is 6.08 Å². The van der Waals surface area contributed by atoms with Crippen LogP contribution in [0, 0.1) is 0 Å². The Hall–Kier alpha value is -2.07. The molecule has 3 rings (SSSR count). The Morgan fingerprint density at radius 3 is 2.50 bits per heavy atom. The van der Waals surface area contributed by atoms with Gasteiger partial charge < -0.3 is 4.74 Å². The summed E-state index contributed by atoms with van der Waals surface area (Å²) in [5, 5.41) is 0. The van der Waals surface area contributed by atoms with Gasteiger partial charge in [0.25, 0.3) is 0 Å². The molecule has 0 fully saturated rings. The van der Waals surface area contributed by atoms with Gasteiger partial charge in [-0.05, 0) is 23.8 Å². The van der Waals surface area contributed by atoms with E-state index in [9.17, 15) is 8.42 Å². The summed E-state index contributed by atoms with van der Waals surface area (Å²) in [6.07, 6.45) is 1.52. The molecule has 1 heterocycles. The average molecular weight is 258 g/mol. The van der Waals surface area contributed by atoms with Gasteiger partial charge in [0.05, 0.1) is 0 Å². The zero-order chi connectivity index (χ0) is 12.8. The van der Waals surface area contributed by atoms with Gasteiger partial charge in [-0.25, -0.2) is 8.42 Å². The lowest BCUT2D eigenvalue weighted by Crippen LogP contribution is -2.12. The van der Waals surface area contributed by atoms with Gasteiger partial charge in [-0.2, -0.15) is 0 Å². The Kier molecular flexibility index (Phi) is 2.28. The highest BCUT2D eigenvalue weighted by Crippen LogP contribution is 2.43. The second kappa shape index (κ2) is 3.71. The highest BCUT2D eigenvalue weighted by molar-refractivity contribution is 7.91. The predicted octanol–water partition coefficient (Wildman–Crippen LogP) is 3.27. The minimum absolute atomic E-state index is 0.193. The Balaban J connectivity index is 2.40. The number of fused-ring (bicyclic) bond motifs is 2. The van der Waals surface area contributed by atoms with Crippen molar-refractivity contribution >= 4 is 15.9 Å². The third kappa shape index (κ3) is 1.39. The molecule has 0 saturated carbocycles. The average Bonchev–Trinajstić information content (AvgIpc) is 2.38. The van der Waals surface area contributed by atoms with Gasteiger partial charge in [-0.15, -0.1) is 0 Å². The second-order valence-electron chi connectivity index (χ2n) is 3.93. The minimum atomic E-state index is -3.54. The molecule has 0 aliphatic carbocycles. The summed E-state index contributed by atoms with van der Waals surface area (Å²) in [6.45, 7) is 3.64. The van der Waals surface area contributed by atoms with Crippen LogP contribution in [0.5, 0.6) is 11.5 Å². The molecule has 0 aromatic heterocycles. The maximum Gasteiger partial charge on any atom is 0.214 e. The van der Waals surface area contributed by atoms with Crippen LogP contribution in [0.3, 0.4) is 0 Å². The summed E-state index contributed by atoms with van der Waals surface area (Å²) >= 11 is 0. The van der Waals surface area contributed by atoms with Gasteiger partial charge in [0.15, 0.2) is 0 Å². The number of benzene rings is 2.